The summed E-state index contributed by atoms with van der Waals surface area (Å²) in [6, 6.07) is 61.0. The molecule has 9 aromatic carbocycles. The van der Waals surface area contributed by atoms with Crippen molar-refractivity contribution in [2.75, 3.05) is 0 Å². The Labute approximate surface area is 287 Å². The fraction of sp³-hybridized carbons (Fsp3) is 0. The minimum Gasteiger partial charge on any atom is -0.456 e. The van der Waals surface area contributed by atoms with Gasteiger partial charge in [-0.1, -0.05) is 133 Å². The van der Waals surface area contributed by atoms with Gasteiger partial charge in [-0.3, -0.25) is 0 Å². The molecule has 2 heteroatoms. The van der Waals surface area contributed by atoms with Crippen LogP contribution in [-0.2, 0) is 0 Å². The maximum atomic E-state index is 6.45. The van der Waals surface area contributed by atoms with Crippen molar-refractivity contribution in [3.63, 3.8) is 0 Å². The van der Waals surface area contributed by atoms with Crippen molar-refractivity contribution in [2.45, 2.75) is 0 Å². The van der Waals surface area contributed by atoms with Crippen molar-refractivity contribution in [3.8, 4) is 33.4 Å². The van der Waals surface area contributed by atoms with Crippen LogP contribution in [0.5, 0.6) is 0 Å². The summed E-state index contributed by atoms with van der Waals surface area (Å²) in [6.07, 6.45) is 0. The maximum absolute atomic E-state index is 6.45. The zero-order valence-corrected chi connectivity index (χ0v) is 27.0. The molecule has 2 heterocycles. The molecule has 0 amide bonds. The first kappa shape index (κ1) is 27.3. The van der Waals surface area contributed by atoms with Crippen LogP contribution in [0.1, 0.15) is 0 Å². The zero-order chi connectivity index (χ0) is 32.8. The summed E-state index contributed by atoms with van der Waals surface area (Å²) in [5.41, 5.74) is 10.8. The summed E-state index contributed by atoms with van der Waals surface area (Å²) < 4.78 is 12.7. The van der Waals surface area contributed by atoms with Crippen LogP contribution in [0.4, 0.5) is 0 Å². The first-order chi connectivity index (χ1) is 24.8. The van der Waals surface area contributed by atoms with Crippen molar-refractivity contribution in [2.24, 2.45) is 0 Å². The number of furan rings is 2. The number of hydrogen-bond donors (Lipinski definition) is 0. The Balaban J connectivity index is 1.15. The fourth-order valence-corrected chi connectivity index (χ4v) is 8.22. The molecule has 0 N–H and O–H groups in total. The average Bonchev–Trinajstić information content (AvgIpc) is 3.72. The average molecular weight is 637 g/mol. The highest BCUT2D eigenvalue weighted by Crippen LogP contribution is 2.46. The molecule has 0 spiro atoms. The van der Waals surface area contributed by atoms with E-state index < -0.39 is 0 Å². The van der Waals surface area contributed by atoms with Gasteiger partial charge in [-0.15, -0.1) is 0 Å². The molecule has 2 nitrogen and oxygen atoms in total. The second-order valence-corrected chi connectivity index (χ2v) is 13.2. The summed E-state index contributed by atoms with van der Waals surface area (Å²) in [4.78, 5) is 0. The van der Waals surface area contributed by atoms with Gasteiger partial charge in [-0.25, -0.2) is 0 Å². The van der Waals surface area contributed by atoms with Gasteiger partial charge in [-0.2, -0.15) is 0 Å². The van der Waals surface area contributed by atoms with Crippen LogP contribution < -0.4 is 0 Å². The van der Waals surface area contributed by atoms with Crippen LogP contribution >= 0.6 is 0 Å². The molecule has 0 saturated carbocycles. The van der Waals surface area contributed by atoms with Crippen molar-refractivity contribution in [3.05, 3.63) is 170 Å². The fourth-order valence-electron chi connectivity index (χ4n) is 8.22. The first-order valence-electron chi connectivity index (χ1n) is 17.1. The van der Waals surface area contributed by atoms with Gasteiger partial charge in [0.25, 0.3) is 0 Å². The van der Waals surface area contributed by atoms with E-state index in [1.807, 2.05) is 18.2 Å². The molecule has 232 valence electrons. The largest absolute Gasteiger partial charge is 0.456 e. The molecule has 50 heavy (non-hydrogen) atoms. The van der Waals surface area contributed by atoms with E-state index in [1.54, 1.807) is 0 Å². The molecule has 0 aliphatic heterocycles. The predicted octanol–water partition coefficient (Wildman–Crippen LogP) is 13.9. The van der Waals surface area contributed by atoms with E-state index >= 15 is 0 Å². The third kappa shape index (κ3) is 3.96. The van der Waals surface area contributed by atoms with Crippen LogP contribution in [-0.4, -0.2) is 0 Å². The molecule has 0 atom stereocenters. The van der Waals surface area contributed by atoms with E-state index in [0.717, 1.165) is 49.4 Å². The normalized spacial score (nSPS) is 12.0. The van der Waals surface area contributed by atoms with Crippen LogP contribution in [0.15, 0.2) is 179 Å². The minimum absolute atomic E-state index is 0.868. The highest BCUT2D eigenvalue weighted by atomic mass is 16.3. The Hall–Kier alpha value is -6.64. The Kier molecular flexibility index (Phi) is 5.70. The molecule has 0 unspecified atom stereocenters. The highest BCUT2D eigenvalue weighted by Gasteiger charge is 2.19. The van der Waals surface area contributed by atoms with Gasteiger partial charge >= 0.3 is 0 Å². The van der Waals surface area contributed by atoms with E-state index in [1.165, 1.54) is 60.1 Å². The SMILES string of the molecule is c1cc(-c2cccc3ccccc23)cc(-c2c3ccccc3c(-c3ccc4oc5cc6c(cc5c4c3)oc3ccccc36)c3ccccc23)c1. The second kappa shape index (κ2) is 10.4. The molecule has 0 aliphatic carbocycles. The molecule has 11 aromatic rings. The lowest BCUT2D eigenvalue weighted by Crippen LogP contribution is -1.91. The number of para-hydroxylation sites is 1. The smallest absolute Gasteiger partial charge is 0.136 e. The van der Waals surface area contributed by atoms with Gasteiger partial charge in [0, 0.05) is 21.5 Å². The third-order valence-corrected chi connectivity index (χ3v) is 10.4. The second-order valence-electron chi connectivity index (χ2n) is 13.2. The summed E-state index contributed by atoms with van der Waals surface area (Å²) in [5, 5.41) is 11.8. The molecule has 0 aliphatic rings. The lowest BCUT2D eigenvalue weighted by atomic mass is 9.85. The molecule has 2 aromatic heterocycles. The van der Waals surface area contributed by atoms with E-state index in [2.05, 4.69) is 152 Å². The topological polar surface area (TPSA) is 26.3 Å². The summed E-state index contributed by atoms with van der Waals surface area (Å²) in [5.74, 6) is 0. The zero-order valence-electron chi connectivity index (χ0n) is 27.0. The van der Waals surface area contributed by atoms with E-state index in [-0.39, 0.29) is 0 Å². The van der Waals surface area contributed by atoms with E-state index in [9.17, 15) is 0 Å². The third-order valence-electron chi connectivity index (χ3n) is 10.4. The number of fused-ring (bicyclic) bond motifs is 9. The van der Waals surface area contributed by atoms with E-state index in [0.29, 0.717) is 0 Å². The number of rotatable bonds is 3. The lowest BCUT2D eigenvalue weighted by Gasteiger charge is -2.18. The van der Waals surface area contributed by atoms with Crippen molar-refractivity contribution in [1.29, 1.82) is 0 Å². The number of hydrogen-bond acceptors (Lipinski definition) is 2. The first-order valence-corrected chi connectivity index (χ1v) is 17.1. The predicted molar refractivity (Wildman–Crippen MR) is 210 cm³/mol. The maximum Gasteiger partial charge on any atom is 0.136 e. The monoisotopic (exact) mass is 636 g/mol. The highest BCUT2D eigenvalue weighted by molar-refractivity contribution is 6.23. The molecule has 0 bridgehead atoms. The summed E-state index contributed by atoms with van der Waals surface area (Å²) in [7, 11) is 0. The van der Waals surface area contributed by atoms with Gasteiger partial charge in [-0.05, 0) is 102 Å². The Morgan fingerprint density at radius 2 is 0.740 bits per heavy atom. The van der Waals surface area contributed by atoms with Crippen LogP contribution in [0.2, 0.25) is 0 Å². The molecule has 0 saturated heterocycles. The van der Waals surface area contributed by atoms with Gasteiger partial charge in [0.05, 0.1) is 0 Å². The Morgan fingerprint density at radius 1 is 0.260 bits per heavy atom. The molecular weight excluding hydrogens is 609 g/mol. The van der Waals surface area contributed by atoms with Crippen molar-refractivity contribution in [1.82, 2.24) is 0 Å². The van der Waals surface area contributed by atoms with Crippen molar-refractivity contribution >= 4 is 76.2 Å². The van der Waals surface area contributed by atoms with Crippen molar-refractivity contribution < 1.29 is 8.83 Å². The van der Waals surface area contributed by atoms with Gasteiger partial charge in [0.2, 0.25) is 0 Å². The van der Waals surface area contributed by atoms with Gasteiger partial charge in [0.1, 0.15) is 22.3 Å². The molecular formula is C48H28O2. The molecule has 0 radical (unpaired) electrons. The molecule has 0 fully saturated rings. The van der Waals surface area contributed by atoms with Crippen LogP contribution in [0, 0.1) is 0 Å². The van der Waals surface area contributed by atoms with Gasteiger partial charge in [0.15, 0.2) is 0 Å². The van der Waals surface area contributed by atoms with Gasteiger partial charge < -0.3 is 8.83 Å². The Bertz CT molecular complexity index is 3090. The van der Waals surface area contributed by atoms with Crippen LogP contribution in [0.3, 0.4) is 0 Å². The van der Waals surface area contributed by atoms with E-state index in [4.69, 9.17) is 8.83 Å². The Morgan fingerprint density at radius 3 is 1.44 bits per heavy atom. The van der Waals surface area contributed by atoms with Crippen LogP contribution in [0.25, 0.3) is 110 Å². The molecule has 11 rings (SSSR count). The lowest BCUT2D eigenvalue weighted by molar-refractivity contribution is 0.664. The quantitative estimate of drug-likeness (QED) is 0.180. The summed E-state index contributed by atoms with van der Waals surface area (Å²) >= 11 is 0. The number of benzene rings is 9. The standard InChI is InChI=1S/C48H28O2/c1-2-15-33-29(11-1)12-10-21-34(33)30-13-9-14-31(25-30)47-36-17-3-5-19-38(36)48(39-20-6-4-18-37(39)47)32-23-24-44-40(26-32)42-28-45-41(27-46(42)50-44)35-16-7-8-22-43(35)49-45/h1-28H. The minimum atomic E-state index is 0.868. The summed E-state index contributed by atoms with van der Waals surface area (Å²) in [6.45, 7) is 0.